The molecule has 3 aliphatic rings. The molecule has 0 radical (unpaired) electrons. The molecule has 7 nitrogen and oxygen atoms in total. The molecule has 6 atom stereocenters. The van der Waals surface area contributed by atoms with Crippen LogP contribution in [0.2, 0.25) is 0 Å². The van der Waals surface area contributed by atoms with Gasteiger partial charge in [0.05, 0.1) is 6.61 Å². The summed E-state index contributed by atoms with van der Waals surface area (Å²) in [5.41, 5.74) is 0. The summed E-state index contributed by atoms with van der Waals surface area (Å²) in [7, 11) is 0. The van der Waals surface area contributed by atoms with Crippen LogP contribution in [-0.2, 0) is 38.9 Å². The average molecular weight is 350 g/mol. The summed E-state index contributed by atoms with van der Waals surface area (Å²) in [6.45, 7) is 9.69. The van der Waals surface area contributed by atoms with Gasteiger partial charge < -0.3 is 23.7 Å². The summed E-state index contributed by atoms with van der Waals surface area (Å²) in [4.78, 5) is 0. The maximum Gasteiger partial charge on any atom is 0.190 e. The van der Waals surface area contributed by atoms with Gasteiger partial charge in [0.2, 0.25) is 0 Å². The second-order valence-corrected chi connectivity index (χ2v) is 8.21. The molecule has 0 bridgehead atoms. The molecule has 0 amide bonds. The highest BCUT2D eigenvalue weighted by atomic mass is 32.2. The van der Waals surface area contributed by atoms with E-state index in [0.717, 1.165) is 6.42 Å². The zero-order valence-electron chi connectivity index (χ0n) is 14.3. The maximum absolute atomic E-state index is 12.1. The molecule has 3 heterocycles. The molecule has 3 aliphatic heterocycles. The summed E-state index contributed by atoms with van der Waals surface area (Å²) in [5.74, 6) is -0.946. The third-order valence-electron chi connectivity index (χ3n) is 4.01. The number of hydrogen-bond donors (Lipinski definition) is 0. The predicted molar refractivity (Wildman–Crippen MR) is 81.8 cm³/mol. The highest BCUT2D eigenvalue weighted by molar-refractivity contribution is 7.80. The molecule has 3 saturated heterocycles. The number of rotatable bonds is 5. The minimum absolute atomic E-state index is 0.311. The Morgan fingerprint density at radius 2 is 1.83 bits per heavy atom. The van der Waals surface area contributed by atoms with Crippen LogP contribution >= 0.6 is 0 Å². The molecule has 134 valence electrons. The molecule has 0 saturated carbocycles. The Kier molecular flexibility index (Phi) is 4.88. The zero-order valence-corrected chi connectivity index (χ0v) is 15.1. The molecule has 23 heavy (non-hydrogen) atoms. The van der Waals surface area contributed by atoms with Crippen molar-refractivity contribution >= 4 is 11.1 Å². The first-order valence-corrected chi connectivity index (χ1v) is 9.33. The summed E-state index contributed by atoms with van der Waals surface area (Å²) < 4.78 is 47.0. The van der Waals surface area contributed by atoms with Gasteiger partial charge in [0.1, 0.15) is 24.4 Å². The van der Waals surface area contributed by atoms with E-state index in [1.807, 2.05) is 34.6 Å². The van der Waals surface area contributed by atoms with Crippen molar-refractivity contribution in [2.75, 3.05) is 12.4 Å². The van der Waals surface area contributed by atoms with Crippen molar-refractivity contribution in [2.45, 2.75) is 83.3 Å². The molecule has 0 aromatic heterocycles. The van der Waals surface area contributed by atoms with E-state index in [0.29, 0.717) is 12.4 Å². The predicted octanol–water partition coefficient (Wildman–Crippen LogP) is 1.47. The van der Waals surface area contributed by atoms with E-state index in [9.17, 15) is 4.21 Å². The minimum atomic E-state index is -1.40. The van der Waals surface area contributed by atoms with Crippen molar-refractivity contribution in [3.63, 3.8) is 0 Å². The fourth-order valence-corrected chi connectivity index (χ4v) is 4.03. The molecule has 0 spiro atoms. The smallest absolute Gasteiger partial charge is 0.190 e. The van der Waals surface area contributed by atoms with Gasteiger partial charge in [-0.25, -0.2) is 4.21 Å². The van der Waals surface area contributed by atoms with E-state index in [2.05, 4.69) is 0 Å². The van der Waals surface area contributed by atoms with Crippen LogP contribution < -0.4 is 0 Å². The second kappa shape index (κ2) is 6.33. The first kappa shape index (κ1) is 17.7. The summed E-state index contributed by atoms with van der Waals surface area (Å²) >= 11 is -1.40. The highest BCUT2D eigenvalue weighted by Gasteiger charge is 2.59. The Labute approximate surface area is 139 Å². The van der Waals surface area contributed by atoms with Gasteiger partial charge in [-0.1, -0.05) is 6.92 Å². The Balaban J connectivity index is 1.75. The van der Waals surface area contributed by atoms with Gasteiger partial charge in [0, 0.05) is 5.75 Å². The van der Waals surface area contributed by atoms with Crippen molar-refractivity contribution in [3.05, 3.63) is 0 Å². The molecule has 0 aromatic carbocycles. The van der Waals surface area contributed by atoms with E-state index in [1.165, 1.54) is 0 Å². The quantitative estimate of drug-likeness (QED) is 0.743. The lowest BCUT2D eigenvalue weighted by Gasteiger charge is -2.28. The van der Waals surface area contributed by atoms with Crippen molar-refractivity contribution in [1.29, 1.82) is 0 Å². The third-order valence-corrected chi connectivity index (χ3v) is 5.19. The summed E-state index contributed by atoms with van der Waals surface area (Å²) in [6.07, 6.45) is -1.47. The lowest BCUT2D eigenvalue weighted by molar-refractivity contribution is -0.230. The molecule has 0 aromatic rings. The number of ether oxygens (including phenoxy) is 5. The van der Waals surface area contributed by atoms with Crippen molar-refractivity contribution < 1.29 is 32.1 Å². The SMILES string of the molecule is CCCS(=O)O[C@@H]1[C@H]2OC(C)(C)O[C@H]2O[C@@H]1[C@H]1COC(C)(C)O1. The molecule has 3 rings (SSSR count). The van der Waals surface area contributed by atoms with Crippen LogP contribution in [0.5, 0.6) is 0 Å². The number of hydrogen-bond acceptors (Lipinski definition) is 7. The van der Waals surface area contributed by atoms with E-state index in [4.69, 9.17) is 27.9 Å². The van der Waals surface area contributed by atoms with Crippen LogP contribution in [0.4, 0.5) is 0 Å². The molecular formula is C15H26O7S. The normalized spacial score (nSPS) is 42.7. The van der Waals surface area contributed by atoms with Crippen LogP contribution in [0.3, 0.4) is 0 Å². The molecule has 3 fully saturated rings. The van der Waals surface area contributed by atoms with Crippen LogP contribution in [0.15, 0.2) is 0 Å². The van der Waals surface area contributed by atoms with Crippen molar-refractivity contribution in [3.8, 4) is 0 Å². The average Bonchev–Trinajstić information content (AvgIpc) is 3.01. The standard InChI is InChI=1S/C15H26O7S/c1-6-7-23(16)22-11-10(9-8-17-14(2,3)19-9)18-13-12(11)20-15(4,5)21-13/h9-13H,6-8H2,1-5H3/t9-,10-,11+,12-,13-,23?/m1/s1. The van der Waals surface area contributed by atoms with Gasteiger partial charge in [-0.15, -0.1) is 0 Å². The van der Waals surface area contributed by atoms with Gasteiger partial charge in [0.15, 0.2) is 28.9 Å². The first-order chi connectivity index (χ1) is 10.7. The Morgan fingerprint density at radius 3 is 2.43 bits per heavy atom. The van der Waals surface area contributed by atoms with E-state index < -0.39 is 47.3 Å². The summed E-state index contributed by atoms with van der Waals surface area (Å²) in [5, 5.41) is 0. The highest BCUT2D eigenvalue weighted by Crippen LogP contribution is 2.42. The van der Waals surface area contributed by atoms with Gasteiger partial charge >= 0.3 is 0 Å². The zero-order chi connectivity index (χ0) is 16.8. The van der Waals surface area contributed by atoms with Gasteiger partial charge in [-0.2, -0.15) is 0 Å². The van der Waals surface area contributed by atoms with E-state index in [1.54, 1.807) is 0 Å². The van der Waals surface area contributed by atoms with Gasteiger partial charge in [-0.3, -0.25) is 4.18 Å². The van der Waals surface area contributed by atoms with Gasteiger partial charge in [-0.05, 0) is 34.1 Å². The third kappa shape index (κ3) is 3.78. The molecule has 1 unspecified atom stereocenters. The molecule has 8 heteroatoms. The Bertz CT molecular complexity index is 467. The van der Waals surface area contributed by atoms with Crippen LogP contribution in [0.1, 0.15) is 41.0 Å². The first-order valence-electron chi connectivity index (χ1n) is 8.09. The van der Waals surface area contributed by atoms with Crippen LogP contribution in [-0.4, -0.2) is 58.8 Å². The fourth-order valence-electron chi connectivity index (χ4n) is 3.13. The van der Waals surface area contributed by atoms with Crippen LogP contribution in [0.25, 0.3) is 0 Å². The Morgan fingerprint density at radius 1 is 1.09 bits per heavy atom. The second-order valence-electron chi connectivity index (χ2n) is 7.01. The monoisotopic (exact) mass is 350 g/mol. The van der Waals surface area contributed by atoms with Crippen molar-refractivity contribution in [1.82, 2.24) is 0 Å². The lowest BCUT2D eigenvalue weighted by atomic mass is 10.1. The van der Waals surface area contributed by atoms with E-state index >= 15 is 0 Å². The minimum Gasteiger partial charge on any atom is -0.348 e. The fraction of sp³-hybridized carbons (Fsp3) is 1.00. The van der Waals surface area contributed by atoms with E-state index in [-0.39, 0.29) is 6.10 Å². The number of fused-ring (bicyclic) bond motifs is 1. The topological polar surface area (TPSA) is 72.5 Å². The lowest BCUT2D eigenvalue weighted by Crippen LogP contribution is -2.44. The molecule has 0 N–H and O–H groups in total. The Hall–Kier alpha value is -0.0900. The largest absolute Gasteiger partial charge is 0.348 e. The van der Waals surface area contributed by atoms with Crippen LogP contribution in [0, 0.1) is 0 Å². The van der Waals surface area contributed by atoms with Gasteiger partial charge in [0.25, 0.3) is 0 Å². The van der Waals surface area contributed by atoms with Crippen molar-refractivity contribution in [2.24, 2.45) is 0 Å². The molecule has 0 aliphatic carbocycles. The maximum atomic E-state index is 12.1. The molecular weight excluding hydrogens is 324 g/mol. The summed E-state index contributed by atoms with van der Waals surface area (Å²) in [6, 6.07) is 0.